The predicted octanol–water partition coefficient (Wildman–Crippen LogP) is 26.6. The quantitative estimate of drug-likeness (QED) is 0.112. The third-order valence-corrected chi connectivity index (χ3v) is 20.9. The molecule has 126 heavy (non-hydrogen) atoms. The van der Waals surface area contributed by atoms with Crippen molar-refractivity contribution in [2.45, 2.75) is 125 Å². The summed E-state index contributed by atoms with van der Waals surface area (Å²) >= 11 is 0. The molecule has 0 aliphatic carbocycles. The molecule has 0 saturated carbocycles. The van der Waals surface area contributed by atoms with Crippen LogP contribution >= 0.6 is 0 Å². The van der Waals surface area contributed by atoms with Gasteiger partial charge in [-0.1, -0.05) is 311 Å². The summed E-state index contributed by atoms with van der Waals surface area (Å²) in [5.74, 6) is 8.96. The maximum absolute atomic E-state index is 4.67. The molecule has 0 amide bonds. The van der Waals surface area contributed by atoms with Crippen molar-refractivity contribution in [2.75, 3.05) is 0 Å². The van der Waals surface area contributed by atoms with Crippen LogP contribution in [0.5, 0.6) is 0 Å². The Morgan fingerprint density at radius 1 is 0.127 bits per heavy atom. The second-order valence-corrected chi connectivity index (χ2v) is 31.8. The zero-order valence-corrected chi connectivity index (χ0v) is 75.2. The lowest BCUT2D eigenvalue weighted by atomic mass is 10.0. The zero-order chi connectivity index (χ0) is 88.9. The number of benzene rings is 12. The van der Waals surface area contributed by atoms with Gasteiger partial charge in [-0.2, -0.15) is 0 Å². The summed E-state index contributed by atoms with van der Waals surface area (Å²) < 4.78 is 0. The van der Waals surface area contributed by atoms with Crippen LogP contribution < -0.4 is 0 Å². The molecule has 0 saturated heterocycles. The minimum atomic E-state index is 0.720. The van der Waals surface area contributed by atoms with Crippen LogP contribution in [0.4, 0.5) is 0 Å². The molecule has 18 aromatic rings. The third-order valence-electron chi connectivity index (χ3n) is 20.9. The van der Waals surface area contributed by atoms with E-state index in [1.54, 1.807) is 0 Å². The molecule has 0 N–H and O–H groups in total. The minimum absolute atomic E-state index is 0.720. The van der Waals surface area contributed by atoms with E-state index in [-0.39, 0.29) is 0 Å². The summed E-state index contributed by atoms with van der Waals surface area (Å²) in [7, 11) is 0. The maximum atomic E-state index is 4.67. The normalized spacial score (nSPS) is 10.6. The molecule has 6 heterocycles. The van der Waals surface area contributed by atoms with Gasteiger partial charge in [-0.15, -0.1) is 0 Å². The van der Waals surface area contributed by atoms with Crippen LogP contribution in [0.2, 0.25) is 0 Å². The van der Waals surface area contributed by atoms with E-state index in [1.165, 1.54) is 66.8 Å². The van der Waals surface area contributed by atoms with Gasteiger partial charge < -0.3 is 0 Å². The average molecular weight is 1650 g/mol. The van der Waals surface area contributed by atoms with Crippen molar-refractivity contribution in [2.24, 2.45) is 0 Å². The van der Waals surface area contributed by atoms with Crippen molar-refractivity contribution in [3.63, 3.8) is 0 Å². The minimum Gasteiger partial charge on any atom is -0.233 e. The maximum Gasteiger partial charge on any atom is 0.163 e. The average Bonchev–Trinajstić information content (AvgIpc) is 0.817. The molecule has 12 aromatic carbocycles. The largest absolute Gasteiger partial charge is 0.233 e. The number of aromatic nitrogens is 15. The number of rotatable bonds is 12. The summed E-state index contributed by atoms with van der Waals surface area (Å²) in [5.41, 5.74) is 33.5. The topological polar surface area (TPSA) is 193 Å². The zero-order valence-electron chi connectivity index (χ0n) is 75.2. The Morgan fingerprint density at radius 3 is 0.635 bits per heavy atom. The Labute approximate surface area is 741 Å². The van der Waals surface area contributed by atoms with Crippen LogP contribution in [0.15, 0.2) is 309 Å². The first-order valence-electron chi connectivity index (χ1n) is 42.3. The van der Waals surface area contributed by atoms with Gasteiger partial charge in [0.25, 0.3) is 0 Å². The number of hydrogen-bond donors (Lipinski definition) is 0. The molecule has 0 fully saturated rings. The van der Waals surface area contributed by atoms with Crippen LogP contribution in [0, 0.1) is 125 Å². The van der Waals surface area contributed by atoms with Crippen molar-refractivity contribution in [1.29, 1.82) is 0 Å². The first-order chi connectivity index (χ1) is 60.8. The predicted molar refractivity (Wildman–Crippen MR) is 516 cm³/mol. The van der Waals surface area contributed by atoms with E-state index >= 15 is 0 Å². The summed E-state index contributed by atoms with van der Waals surface area (Å²) in [6, 6.07) is 106. The molecule has 0 aliphatic rings. The molecule has 0 spiro atoms. The molecule has 0 bridgehead atoms. The summed E-state index contributed by atoms with van der Waals surface area (Å²) in [4.78, 5) is 68.3. The standard InChI is InChI=1S/3C19H18N2.3C18H17N3/c1-13-4-8-16(9-5-13)18-12-19(21-15(3)20-18)17-10-6-14(2)7-11-17;1-13-6-4-8-16(10-13)18-12-19(21-15(3)20-18)17-9-5-7-14(2)11-17;1-13-8-4-6-10-16(13)18-12-19(21-15(3)20-18)17-11-7-5-9-14(17)2;1-12-4-8-15(9-5-12)17-19-14(3)20-18(21-17)16-10-6-13(2)7-11-16;1-12-6-4-8-15(10-12)17-19-14(3)20-18(21-17)16-9-5-7-13(2)11-16;1-12-8-4-6-10-15(12)17-19-14(3)20-18(21-17)16-11-7-5-9-13(16)2/h3*4-12H,1-3H3;3*4-11H,1-3H3. The van der Waals surface area contributed by atoms with E-state index < -0.39 is 0 Å². The lowest BCUT2D eigenvalue weighted by Gasteiger charge is -2.10. The smallest absolute Gasteiger partial charge is 0.163 e. The highest BCUT2D eigenvalue weighted by molar-refractivity contribution is 5.74. The molecule has 0 aliphatic heterocycles. The van der Waals surface area contributed by atoms with E-state index in [2.05, 4.69) is 370 Å². The van der Waals surface area contributed by atoms with Crippen LogP contribution in [0.25, 0.3) is 136 Å². The second-order valence-electron chi connectivity index (χ2n) is 31.8. The monoisotopic (exact) mass is 1650 g/mol. The van der Waals surface area contributed by atoms with Gasteiger partial charge >= 0.3 is 0 Å². The molecule has 0 unspecified atom stereocenters. The Balaban J connectivity index is 0.000000130. The van der Waals surface area contributed by atoms with Crippen LogP contribution in [0.3, 0.4) is 0 Å². The molecule has 0 radical (unpaired) electrons. The molecule has 15 heteroatoms. The van der Waals surface area contributed by atoms with Gasteiger partial charge in [0, 0.05) is 66.8 Å². The van der Waals surface area contributed by atoms with Gasteiger partial charge in [0.05, 0.1) is 34.2 Å². The van der Waals surface area contributed by atoms with Crippen molar-refractivity contribution in [3.8, 4) is 136 Å². The lowest BCUT2D eigenvalue weighted by molar-refractivity contribution is 0.988. The fraction of sp³-hybridized carbons (Fsp3) is 0.162. The SMILES string of the molecule is Cc1ccc(-c2cc(-c3ccc(C)cc3)nc(C)n2)cc1.Cc1ccc(-c2nc(C)nc(-c3ccc(C)cc3)n2)cc1.Cc1cccc(-c2cc(-c3cccc(C)c3)nc(C)n2)c1.Cc1cccc(-c2nc(C)nc(-c3cccc(C)c3)n2)c1.Cc1nc(-c2ccccc2C)cc(-c2ccccc2C)n1.Cc1nc(-c2ccccc2C)nc(-c2ccccc2C)n1. The van der Waals surface area contributed by atoms with Crippen molar-refractivity contribution in [3.05, 3.63) is 411 Å². The third kappa shape index (κ3) is 24.2. The van der Waals surface area contributed by atoms with Gasteiger partial charge in [-0.25, -0.2) is 74.8 Å². The molecule has 0 atom stereocenters. The number of hydrogen-bond acceptors (Lipinski definition) is 15. The summed E-state index contributed by atoms with van der Waals surface area (Å²) in [6.07, 6.45) is 0. The molecule has 15 nitrogen and oxygen atoms in total. The summed E-state index contributed by atoms with van der Waals surface area (Å²) in [5, 5.41) is 0. The van der Waals surface area contributed by atoms with Crippen molar-refractivity contribution < 1.29 is 0 Å². The highest BCUT2D eigenvalue weighted by Gasteiger charge is 2.17. The molecule has 18 rings (SSSR count). The second kappa shape index (κ2) is 41.7. The molecular weight excluding hydrogens is 1540 g/mol. The van der Waals surface area contributed by atoms with Crippen molar-refractivity contribution >= 4 is 0 Å². The van der Waals surface area contributed by atoms with Gasteiger partial charge in [0.1, 0.15) is 34.9 Å². The fourth-order valence-electron chi connectivity index (χ4n) is 14.2. The van der Waals surface area contributed by atoms with Crippen LogP contribution in [-0.4, -0.2) is 74.8 Å². The van der Waals surface area contributed by atoms with Gasteiger partial charge in [-0.3, -0.25) is 0 Å². The van der Waals surface area contributed by atoms with Crippen molar-refractivity contribution in [1.82, 2.24) is 74.8 Å². The van der Waals surface area contributed by atoms with E-state index in [0.29, 0.717) is 0 Å². The molecule has 624 valence electrons. The van der Waals surface area contributed by atoms with E-state index in [9.17, 15) is 0 Å². The molecular formula is C111H105N15. The van der Waals surface area contributed by atoms with E-state index in [1.807, 2.05) is 139 Å². The first-order valence-corrected chi connectivity index (χ1v) is 42.3. The van der Waals surface area contributed by atoms with Crippen LogP contribution in [-0.2, 0) is 0 Å². The van der Waals surface area contributed by atoms with E-state index in [0.717, 1.165) is 171 Å². The number of aryl methyl sites for hydroxylation is 18. The Morgan fingerprint density at radius 2 is 0.341 bits per heavy atom. The molecule has 6 aromatic heterocycles. The summed E-state index contributed by atoms with van der Waals surface area (Å²) in [6.45, 7) is 36.6. The highest BCUT2D eigenvalue weighted by Crippen LogP contribution is 2.33. The Kier molecular flexibility index (Phi) is 29.3. The van der Waals surface area contributed by atoms with E-state index in [4.69, 9.17) is 0 Å². The highest BCUT2D eigenvalue weighted by atomic mass is 15.0. The van der Waals surface area contributed by atoms with Crippen LogP contribution in [0.1, 0.15) is 102 Å². The number of nitrogens with zero attached hydrogens (tertiary/aromatic N) is 15. The Bertz CT molecular complexity index is 6010. The fourth-order valence-corrected chi connectivity index (χ4v) is 14.2. The first kappa shape index (κ1) is 88.7. The lowest BCUT2D eigenvalue weighted by Crippen LogP contribution is -2.01. The van der Waals surface area contributed by atoms with Gasteiger partial charge in [0.15, 0.2) is 34.9 Å². The van der Waals surface area contributed by atoms with Gasteiger partial charge in [0.2, 0.25) is 0 Å². The van der Waals surface area contributed by atoms with Gasteiger partial charge in [-0.05, 0) is 189 Å². The Hall–Kier alpha value is -15.1.